The molecule has 1 rings (SSSR count). The molecule has 0 saturated carbocycles. The molecule has 0 aliphatic carbocycles. The Labute approximate surface area is 112 Å². The highest BCUT2D eigenvalue weighted by Gasteiger charge is 2.20. The average molecular weight is 246 g/mol. The third kappa shape index (κ3) is 3.61. The van der Waals surface area contributed by atoms with Crippen LogP contribution in [0.5, 0.6) is 0 Å². The molecule has 1 atom stereocenters. The summed E-state index contributed by atoms with van der Waals surface area (Å²) in [5, 5.41) is 3.26. The van der Waals surface area contributed by atoms with Gasteiger partial charge in [-0.3, -0.25) is 0 Å². The fraction of sp³-hybridized carbons (Fsp3) is 0.500. The van der Waals surface area contributed by atoms with Crippen LogP contribution >= 0.6 is 0 Å². The van der Waals surface area contributed by atoms with E-state index in [2.05, 4.69) is 68.8 Å². The zero-order chi connectivity index (χ0) is 13.8. The lowest BCUT2D eigenvalue weighted by Crippen LogP contribution is -2.41. The number of benzene rings is 1. The van der Waals surface area contributed by atoms with Crippen molar-refractivity contribution in [2.45, 2.75) is 39.3 Å². The van der Waals surface area contributed by atoms with Crippen molar-refractivity contribution in [3.63, 3.8) is 0 Å². The van der Waals surface area contributed by atoms with Gasteiger partial charge in [0, 0.05) is 23.8 Å². The predicted octanol–water partition coefficient (Wildman–Crippen LogP) is 3.76. The minimum absolute atomic E-state index is 0.102. The van der Waals surface area contributed by atoms with Gasteiger partial charge in [0.15, 0.2) is 0 Å². The van der Waals surface area contributed by atoms with Crippen molar-refractivity contribution in [1.29, 1.82) is 0 Å². The van der Waals surface area contributed by atoms with Crippen LogP contribution in [-0.2, 0) is 0 Å². The molecule has 0 bridgehead atoms. The molecular formula is C16H26N2. The van der Waals surface area contributed by atoms with Crippen LogP contribution in [-0.4, -0.2) is 19.1 Å². The van der Waals surface area contributed by atoms with Gasteiger partial charge in [-0.1, -0.05) is 18.2 Å². The molecule has 0 amide bonds. The summed E-state index contributed by atoms with van der Waals surface area (Å²) in [6.07, 6.45) is 1.95. The summed E-state index contributed by atoms with van der Waals surface area (Å²) in [5.74, 6) is 0. The quantitative estimate of drug-likeness (QED) is 0.796. The van der Waals surface area contributed by atoms with Crippen LogP contribution in [0, 0.1) is 0 Å². The Bertz CT molecular complexity index is 373. The Balaban J connectivity index is 2.97. The first-order valence-electron chi connectivity index (χ1n) is 6.56. The summed E-state index contributed by atoms with van der Waals surface area (Å²) in [7, 11) is 1.98. The van der Waals surface area contributed by atoms with Crippen LogP contribution in [0.2, 0.25) is 0 Å². The molecule has 0 heterocycles. The molecule has 2 nitrogen and oxygen atoms in total. The minimum atomic E-state index is 0.102. The molecule has 0 aliphatic heterocycles. The molecule has 0 fully saturated rings. The topological polar surface area (TPSA) is 15.3 Å². The summed E-state index contributed by atoms with van der Waals surface area (Å²) in [4.78, 5) is 2.35. The van der Waals surface area contributed by atoms with Gasteiger partial charge >= 0.3 is 0 Å². The lowest BCUT2D eigenvalue weighted by Gasteiger charge is -2.37. The van der Waals surface area contributed by atoms with Gasteiger partial charge in [-0.25, -0.2) is 0 Å². The lowest BCUT2D eigenvalue weighted by molar-refractivity contribution is 0.522. The number of rotatable bonds is 5. The van der Waals surface area contributed by atoms with Gasteiger partial charge in [-0.15, -0.1) is 6.58 Å². The number of anilines is 1. The summed E-state index contributed by atoms with van der Waals surface area (Å²) >= 11 is 0. The largest absolute Gasteiger partial charge is 0.363 e. The normalized spacial score (nSPS) is 13.2. The van der Waals surface area contributed by atoms with Crippen LogP contribution in [0.3, 0.4) is 0 Å². The van der Waals surface area contributed by atoms with E-state index in [-0.39, 0.29) is 5.54 Å². The van der Waals surface area contributed by atoms with Crippen LogP contribution < -0.4 is 10.2 Å². The number of nitrogens with zero attached hydrogens (tertiary/aromatic N) is 1. The Kier molecular flexibility index (Phi) is 4.97. The molecule has 100 valence electrons. The second kappa shape index (κ2) is 6.05. The van der Waals surface area contributed by atoms with Crippen LogP contribution in [0.4, 0.5) is 5.69 Å². The van der Waals surface area contributed by atoms with Crippen molar-refractivity contribution in [3.8, 4) is 0 Å². The Morgan fingerprint density at radius 1 is 1.28 bits per heavy atom. The summed E-state index contributed by atoms with van der Waals surface area (Å²) in [6.45, 7) is 13.5. The van der Waals surface area contributed by atoms with Crippen LogP contribution in [0.15, 0.2) is 36.9 Å². The first-order valence-corrected chi connectivity index (χ1v) is 6.56. The second-order valence-electron chi connectivity index (χ2n) is 5.67. The van der Waals surface area contributed by atoms with Gasteiger partial charge in [-0.2, -0.15) is 0 Å². The maximum absolute atomic E-state index is 3.85. The first kappa shape index (κ1) is 14.8. The van der Waals surface area contributed by atoms with E-state index in [9.17, 15) is 0 Å². The van der Waals surface area contributed by atoms with E-state index >= 15 is 0 Å². The molecule has 2 heteroatoms. The number of hydrogen-bond donors (Lipinski definition) is 1. The SMILES string of the molecule is C=CCN(c1ccc(C(C)NC)cc1)C(C)(C)C. The Hall–Kier alpha value is -1.28. The Morgan fingerprint density at radius 2 is 1.83 bits per heavy atom. The minimum Gasteiger partial charge on any atom is -0.363 e. The van der Waals surface area contributed by atoms with E-state index in [1.165, 1.54) is 11.3 Å². The number of nitrogens with one attached hydrogen (secondary N) is 1. The van der Waals surface area contributed by atoms with Gasteiger partial charge in [-0.05, 0) is 52.4 Å². The fourth-order valence-corrected chi connectivity index (χ4v) is 2.01. The van der Waals surface area contributed by atoms with Crippen molar-refractivity contribution in [2.24, 2.45) is 0 Å². The molecule has 0 saturated heterocycles. The third-order valence-corrected chi connectivity index (χ3v) is 3.26. The van der Waals surface area contributed by atoms with Gasteiger partial charge in [0.2, 0.25) is 0 Å². The standard InChI is InChI=1S/C16H26N2/c1-7-12-18(16(3,4)5)15-10-8-14(9-11-15)13(2)17-6/h7-11,13,17H,1,12H2,2-6H3. The molecule has 18 heavy (non-hydrogen) atoms. The van der Waals surface area contributed by atoms with E-state index < -0.39 is 0 Å². The maximum atomic E-state index is 3.85. The summed E-state index contributed by atoms with van der Waals surface area (Å²) < 4.78 is 0. The highest BCUT2D eigenvalue weighted by molar-refractivity contribution is 5.50. The zero-order valence-electron chi connectivity index (χ0n) is 12.3. The van der Waals surface area contributed by atoms with Crippen molar-refractivity contribution >= 4 is 5.69 Å². The Morgan fingerprint density at radius 3 is 2.22 bits per heavy atom. The van der Waals surface area contributed by atoms with Gasteiger partial charge in [0.25, 0.3) is 0 Å². The third-order valence-electron chi connectivity index (χ3n) is 3.26. The maximum Gasteiger partial charge on any atom is 0.0373 e. The summed E-state index contributed by atoms with van der Waals surface area (Å²) in [5.41, 5.74) is 2.66. The van der Waals surface area contributed by atoms with Gasteiger partial charge in [0.05, 0.1) is 0 Å². The van der Waals surface area contributed by atoms with Crippen LogP contribution in [0.1, 0.15) is 39.3 Å². The molecule has 1 N–H and O–H groups in total. The highest BCUT2D eigenvalue weighted by Crippen LogP contribution is 2.25. The van der Waals surface area contributed by atoms with E-state index in [4.69, 9.17) is 0 Å². The molecule has 1 unspecified atom stereocenters. The van der Waals surface area contributed by atoms with Crippen molar-refractivity contribution in [1.82, 2.24) is 5.32 Å². The molecule has 0 aromatic heterocycles. The van der Waals surface area contributed by atoms with Crippen molar-refractivity contribution in [2.75, 3.05) is 18.5 Å². The van der Waals surface area contributed by atoms with E-state index in [0.717, 1.165) is 6.54 Å². The lowest BCUT2D eigenvalue weighted by atomic mass is 10.0. The molecular weight excluding hydrogens is 220 g/mol. The molecule has 1 aromatic carbocycles. The average Bonchev–Trinajstić information content (AvgIpc) is 2.34. The first-order chi connectivity index (χ1) is 8.40. The highest BCUT2D eigenvalue weighted by atomic mass is 15.2. The molecule has 0 spiro atoms. The van der Waals surface area contributed by atoms with E-state index in [1.54, 1.807) is 0 Å². The fourth-order valence-electron chi connectivity index (χ4n) is 2.01. The smallest absolute Gasteiger partial charge is 0.0373 e. The van der Waals surface area contributed by atoms with E-state index in [1.807, 2.05) is 13.1 Å². The molecule has 0 radical (unpaired) electrons. The monoisotopic (exact) mass is 246 g/mol. The van der Waals surface area contributed by atoms with Crippen molar-refractivity contribution < 1.29 is 0 Å². The molecule has 1 aromatic rings. The zero-order valence-corrected chi connectivity index (χ0v) is 12.3. The number of hydrogen-bond acceptors (Lipinski definition) is 2. The van der Waals surface area contributed by atoms with Crippen LogP contribution in [0.25, 0.3) is 0 Å². The van der Waals surface area contributed by atoms with Crippen molar-refractivity contribution in [3.05, 3.63) is 42.5 Å². The molecule has 0 aliphatic rings. The second-order valence-corrected chi connectivity index (χ2v) is 5.67. The van der Waals surface area contributed by atoms with Gasteiger partial charge in [0.1, 0.15) is 0 Å². The van der Waals surface area contributed by atoms with E-state index in [0.29, 0.717) is 6.04 Å². The van der Waals surface area contributed by atoms with Gasteiger partial charge < -0.3 is 10.2 Å². The summed E-state index contributed by atoms with van der Waals surface area (Å²) in [6, 6.07) is 9.16. The predicted molar refractivity (Wildman–Crippen MR) is 81.2 cm³/mol.